The van der Waals surface area contributed by atoms with Gasteiger partial charge in [0.25, 0.3) is 5.92 Å². The van der Waals surface area contributed by atoms with Gasteiger partial charge in [-0.1, -0.05) is 0 Å². The molecule has 0 spiro atoms. The maximum atomic E-state index is 13.3. The number of benzene rings is 1. The highest BCUT2D eigenvalue weighted by Crippen LogP contribution is 2.55. The molecule has 2 fully saturated rings. The quantitative estimate of drug-likeness (QED) is 0.808. The van der Waals surface area contributed by atoms with Crippen LogP contribution in [0.2, 0.25) is 0 Å². The van der Waals surface area contributed by atoms with Crippen LogP contribution in [0.4, 0.5) is 8.78 Å². The molecule has 0 aromatic heterocycles. The Morgan fingerprint density at radius 2 is 2.12 bits per heavy atom. The molecule has 0 amide bonds. The van der Waals surface area contributed by atoms with Gasteiger partial charge >= 0.3 is 5.97 Å². The Bertz CT molecular complexity index is 811. The third kappa shape index (κ3) is 3.68. The molecule has 144 valence electrons. The number of carboxylic acids is 1. The van der Waals surface area contributed by atoms with E-state index in [1.807, 2.05) is 0 Å². The lowest BCUT2D eigenvalue weighted by atomic mass is 9.94. The number of halogens is 2. The zero-order valence-electron chi connectivity index (χ0n) is 14.3. The molecule has 1 aromatic rings. The number of sulfonamides is 1. The Hall–Kier alpha value is -1.74. The number of carboxylic acid groups (broad SMARTS) is 1. The summed E-state index contributed by atoms with van der Waals surface area (Å²) in [6, 6.07) is 4.06. The Balaban J connectivity index is 1.84. The van der Waals surface area contributed by atoms with Crippen LogP contribution in [0.3, 0.4) is 0 Å². The van der Waals surface area contributed by atoms with Crippen LogP contribution in [-0.2, 0) is 21.2 Å². The topological polar surface area (TPSA) is 83.9 Å². The van der Waals surface area contributed by atoms with Crippen molar-refractivity contribution in [3.8, 4) is 5.75 Å². The van der Waals surface area contributed by atoms with E-state index < -0.39 is 27.8 Å². The van der Waals surface area contributed by atoms with E-state index in [0.29, 0.717) is 18.6 Å². The van der Waals surface area contributed by atoms with E-state index >= 15 is 0 Å². The zero-order valence-corrected chi connectivity index (χ0v) is 15.1. The fraction of sp³-hybridized carbons (Fsp3) is 0.588. The first-order valence-electron chi connectivity index (χ1n) is 8.42. The van der Waals surface area contributed by atoms with E-state index in [1.54, 1.807) is 0 Å². The second kappa shape index (κ2) is 6.77. The average Bonchev–Trinajstić information content (AvgIpc) is 3.23. The molecule has 1 aromatic carbocycles. The fourth-order valence-electron chi connectivity index (χ4n) is 3.63. The van der Waals surface area contributed by atoms with Crippen molar-refractivity contribution in [1.29, 1.82) is 0 Å². The Kier molecular flexibility index (Phi) is 4.96. The molecule has 1 N–H and O–H groups in total. The summed E-state index contributed by atoms with van der Waals surface area (Å²) < 4.78 is 58.9. The van der Waals surface area contributed by atoms with Gasteiger partial charge in [-0.15, -0.1) is 0 Å². The second-order valence-electron chi connectivity index (χ2n) is 6.88. The lowest BCUT2D eigenvalue weighted by molar-refractivity contribution is -0.136. The first kappa shape index (κ1) is 19.0. The van der Waals surface area contributed by atoms with Crippen LogP contribution in [0, 0.1) is 11.8 Å². The van der Waals surface area contributed by atoms with Crippen molar-refractivity contribution in [3.63, 3.8) is 0 Å². The standard InChI is InChI=1S/C17H21F2NO5S/c1-25-15-5-4-13(7-12(15)8-16(21)22)26(23,24)20-6-2-3-11(10-20)14-9-17(14,18)19/h4-5,7,11,14H,2-3,6,8-10H2,1H3,(H,21,22). The van der Waals surface area contributed by atoms with Crippen molar-refractivity contribution >= 4 is 16.0 Å². The normalized spacial score (nSPS) is 25.7. The number of nitrogens with zero attached hydrogens (tertiary/aromatic N) is 1. The monoisotopic (exact) mass is 389 g/mol. The van der Waals surface area contributed by atoms with Gasteiger partial charge < -0.3 is 9.84 Å². The lowest BCUT2D eigenvalue weighted by Gasteiger charge is -2.32. The summed E-state index contributed by atoms with van der Waals surface area (Å²) in [7, 11) is -2.51. The van der Waals surface area contributed by atoms with Crippen molar-refractivity contribution < 1.29 is 31.8 Å². The van der Waals surface area contributed by atoms with Gasteiger partial charge in [0.05, 0.1) is 18.4 Å². The number of aliphatic carboxylic acids is 1. The van der Waals surface area contributed by atoms with Gasteiger partial charge in [0, 0.05) is 31.0 Å². The van der Waals surface area contributed by atoms with E-state index in [2.05, 4.69) is 0 Å². The number of hydrogen-bond acceptors (Lipinski definition) is 4. The molecule has 2 aliphatic rings. The third-order valence-electron chi connectivity index (χ3n) is 5.10. The minimum Gasteiger partial charge on any atom is -0.496 e. The first-order valence-corrected chi connectivity index (χ1v) is 9.86. The number of carbonyl (C=O) groups is 1. The van der Waals surface area contributed by atoms with Crippen LogP contribution < -0.4 is 4.74 Å². The van der Waals surface area contributed by atoms with Crippen molar-refractivity contribution in [2.45, 2.75) is 36.5 Å². The molecule has 2 atom stereocenters. The molecular weight excluding hydrogens is 368 g/mol. The van der Waals surface area contributed by atoms with Gasteiger partial charge in [-0.25, -0.2) is 17.2 Å². The van der Waals surface area contributed by atoms with Crippen LogP contribution in [0.15, 0.2) is 23.1 Å². The molecule has 0 bridgehead atoms. The smallest absolute Gasteiger partial charge is 0.307 e. The molecule has 1 aliphatic heterocycles. The van der Waals surface area contributed by atoms with E-state index in [9.17, 15) is 22.0 Å². The van der Waals surface area contributed by atoms with Gasteiger partial charge in [0.1, 0.15) is 5.75 Å². The van der Waals surface area contributed by atoms with Gasteiger partial charge in [-0.05, 0) is 37.0 Å². The minimum absolute atomic E-state index is 0.0437. The number of piperidine rings is 1. The Labute approximate surface area is 150 Å². The van der Waals surface area contributed by atoms with Crippen LogP contribution in [0.1, 0.15) is 24.8 Å². The number of methoxy groups -OCH3 is 1. The van der Waals surface area contributed by atoms with Crippen LogP contribution in [-0.4, -0.2) is 49.9 Å². The molecular formula is C17H21F2NO5S. The predicted octanol–water partition coefficient (Wildman–Crippen LogP) is 2.38. The summed E-state index contributed by atoms with van der Waals surface area (Å²) in [4.78, 5) is 11.0. The number of alkyl halides is 2. The SMILES string of the molecule is COc1ccc(S(=O)(=O)N2CCCC(C3CC3(F)F)C2)cc1CC(=O)O. The maximum Gasteiger partial charge on any atom is 0.307 e. The summed E-state index contributed by atoms with van der Waals surface area (Å²) >= 11 is 0. The van der Waals surface area contributed by atoms with Gasteiger partial charge in [-0.3, -0.25) is 4.79 Å². The van der Waals surface area contributed by atoms with Gasteiger partial charge in [0.15, 0.2) is 0 Å². The predicted molar refractivity (Wildman–Crippen MR) is 88.9 cm³/mol. The van der Waals surface area contributed by atoms with E-state index in [4.69, 9.17) is 9.84 Å². The highest BCUT2D eigenvalue weighted by Gasteiger charge is 2.60. The van der Waals surface area contributed by atoms with Crippen molar-refractivity contribution in [3.05, 3.63) is 23.8 Å². The van der Waals surface area contributed by atoms with E-state index in [0.717, 1.165) is 0 Å². The Morgan fingerprint density at radius 3 is 2.69 bits per heavy atom. The fourth-order valence-corrected chi connectivity index (χ4v) is 5.22. The molecule has 1 aliphatic carbocycles. The Morgan fingerprint density at radius 1 is 1.42 bits per heavy atom. The summed E-state index contributed by atoms with van der Waals surface area (Å²) in [5.74, 6) is -4.57. The van der Waals surface area contributed by atoms with Crippen molar-refractivity contribution in [2.24, 2.45) is 11.8 Å². The van der Waals surface area contributed by atoms with Gasteiger partial charge in [-0.2, -0.15) is 4.31 Å². The largest absolute Gasteiger partial charge is 0.496 e. The van der Waals surface area contributed by atoms with Crippen LogP contribution >= 0.6 is 0 Å². The molecule has 9 heteroatoms. The molecule has 6 nitrogen and oxygen atoms in total. The summed E-state index contributed by atoms with van der Waals surface area (Å²) in [6.07, 6.45) is 0.591. The van der Waals surface area contributed by atoms with Crippen LogP contribution in [0.25, 0.3) is 0 Å². The lowest BCUT2D eigenvalue weighted by Crippen LogP contribution is -2.41. The molecule has 3 rings (SSSR count). The number of hydrogen-bond donors (Lipinski definition) is 1. The maximum absolute atomic E-state index is 13.3. The molecule has 26 heavy (non-hydrogen) atoms. The third-order valence-corrected chi connectivity index (χ3v) is 6.96. The number of rotatable bonds is 6. The molecule has 1 heterocycles. The molecule has 0 radical (unpaired) electrons. The van der Waals surface area contributed by atoms with E-state index in [1.165, 1.54) is 29.6 Å². The summed E-state index contributed by atoms with van der Waals surface area (Å²) in [5, 5.41) is 8.99. The molecule has 1 saturated carbocycles. The minimum atomic E-state index is -3.88. The van der Waals surface area contributed by atoms with Crippen molar-refractivity contribution in [2.75, 3.05) is 20.2 Å². The average molecular weight is 389 g/mol. The first-order chi connectivity index (χ1) is 12.1. The zero-order chi connectivity index (χ0) is 19.1. The van der Waals surface area contributed by atoms with Crippen molar-refractivity contribution in [1.82, 2.24) is 4.31 Å². The second-order valence-corrected chi connectivity index (χ2v) is 8.82. The number of ether oxygens (including phenoxy) is 1. The summed E-state index contributed by atoms with van der Waals surface area (Å²) in [5.41, 5.74) is 0.253. The highest BCUT2D eigenvalue weighted by molar-refractivity contribution is 7.89. The van der Waals surface area contributed by atoms with E-state index in [-0.39, 0.29) is 42.3 Å². The van der Waals surface area contributed by atoms with Crippen LogP contribution in [0.5, 0.6) is 5.75 Å². The summed E-state index contributed by atoms with van der Waals surface area (Å²) in [6.45, 7) is 0.348. The molecule has 1 saturated heterocycles. The molecule has 2 unspecified atom stereocenters. The van der Waals surface area contributed by atoms with Gasteiger partial charge in [0.2, 0.25) is 10.0 Å². The highest BCUT2D eigenvalue weighted by atomic mass is 32.2.